The van der Waals surface area contributed by atoms with Crippen LogP contribution >= 0.6 is 0 Å². The summed E-state index contributed by atoms with van der Waals surface area (Å²) in [7, 11) is 3.21. The normalized spacial score (nSPS) is 15.6. The number of fused-ring (bicyclic) bond motifs is 1. The van der Waals surface area contributed by atoms with Crippen molar-refractivity contribution in [3.63, 3.8) is 0 Å². The Hall–Kier alpha value is -3.39. The molecule has 1 aromatic heterocycles. The highest BCUT2D eigenvalue weighted by Gasteiger charge is 2.27. The van der Waals surface area contributed by atoms with Crippen LogP contribution in [0.25, 0.3) is 0 Å². The first-order chi connectivity index (χ1) is 13.7. The molecule has 1 atom stereocenters. The molecule has 0 bridgehead atoms. The standard InChI is InChI=1S/C20H20N4O4/c1-26-15-8-6-13(7-9-15)18-11-24-17(12-28-18)19(22-23-24)20(25)21-14-4-3-5-16(10-14)27-2/h3-10,18H,11-12H2,1-2H3,(H,21,25)/t18-/m1/s1. The Morgan fingerprint density at radius 3 is 2.68 bits per heavy atom. The van der Waals surface area contributed by atoms with Crippen LogP contribution in [0.2, 0.25) is 0 Å². The van der Waals surface area contributed by atoms with Crippen LogP contribution in [0.5, 0.6) is 11.5 Å². The first-order valence-electron chi connectivity index (χ1n) is 8.81. The number of carbonyl (C=O) groups excluding carboxylic acids is 1. The maximum atomic E-state index is 12.6. The van der Waals surface area contributed by atoms with Gasteiger partial charge in [-0.15, -0.1) is 5.10 Å². The maximum absolute atomic E-state index is 12.6. The third kappa shape index (κ3) is 3.54. The summed E-state index contributed by atoms with van der Waals surface area (Å²) in [4.78, 5) is 12.6. The highest BCUT2D eigenvalue weighted by molar-refractivity contribution is 6.03. The molecule has 144 valence electrons. The van der Waals surface area contributed by atoms with E-state index in [9.17, 15) is 4.79 Å². The Labute approximate surface area is 162 Å². The molecule has 3 aromatic rings. The van der Waals surface area contributed by atoms with Crippen molar-refractivity contribution in [2.75, 3.05) is 19.5 Å². The van der Waals surface area contributed by atoms with Crippen molar-refractivity contribution >= 4 is 11.6 Å². The van der Waals surface area contributed by atoms with Crippen molar-refractivity contribution in [3.8, 4) is 11.5 Å². The summed E-state index contributed by atoms with van der Waals surface area (Å²) >= 11 is 0. The van der Waals surface area contributed by atoms with Gasteiger partial charge in [-0.2, -0.15) is 0 Å². The summed E-state index contributed by atoms with van der Waals surface area (Å²) in [6.45, 7) is 0.742. The molecule has 1 amide bonds. The molecule has 0 fully saturated rings. The second-order valence-corrected chi connectivity index (χ2v) is 6.33. The Morgan fingerprint density at radius 1 is 1.14 bits per heavy atom. The minimum absolute atomic E-state index is 0.158. The number of amides is 1. The minimum atomic E-state index is -0.332. The van der Waals surface area contributed by atoms with Gasteiger partial charge in [0.05, 0.1) is 33.1 Å². The number of nitrogens with zero attached hydrogens (tertiary/aromatic N) is 3. The van der Waals surface area contributed by atoms with Gasteiger partial charge in [-0.05, 0) is 29.8 Å². The molecule has 1 aliphatic rings. The van der Waals surface area contributed by atoms with Crippen LogP contribution in [0.3, 0.4) is 0 Å². The fraction of sp³-hybridized carbons (Fsp3) is 0.250. The molecule has 2 aromatic carbocycles. The molecule has 0 spiro atoms. The summed E-state index contributed by atoms with van der Waals surface area (Å²) in [5.41, 5.74) is 2.56. The minimum Gasteiger partial charge on any atom is -0.497 e. The van der Waals surface area contributed by atoms with Crippen LogP contribution in [0.4, 0.5) is 5.69 Å². The quantitative estimate of drug-likeness (QED) is 0.732. The smallest absolute Gasteiger partial charge is 0.278 e. The fourth-order valence-corrected chi connectivity index (χ4v) is 3.10. The lowest BCUT2D eigenvalue weighted by molar-refractivity contribution is -0.00173. The van der Waals surface area contributed by atoms with Gasteiger partial charge >= 0.3 is 0 Å². The van der Waals surface area contributed by atoms with Gasteiger partial charge < -0.3 is 19.5 Å². The number of hydrogen-bond donors (Lipinski definition) is 1. The zero-order chi connectivity index (χ0) is 19.5. The van der Waals surface area contributed by atoms with Crippen LogP contribution < -0.4 is 14.8 Å². The lowest BCUT2D eigenvalue weighted by atomic mass is 10.1. The van der Waals surface area contributed by atoms with E-state index in [1.165, 1.54) is 0 Å². The third-order valence-electron chi connectivity index (χ3n) is 4.63. The Balaban J connectivity index is 1.49. The van der Waals surface area contributed by atoms with Crippen molar-refractivity contribution in [1.82, 2.24) is 15.0 Å². The lowest BCUT2D eigenvalue weighted by Gasteiger charge is -2.24. The molecular formula is C20H20N4O4. The zero-order valence-corrected chi connectivity index (χ0v) is 15.6. The van der Waals surface area contributed by atoms with E-state index in [4.69, 9.17) is 14.2 Å². The molecule has 4 rings (SSSR count). The first-order valence-corrected chi connectivity index (χ1v) is 8.81. The number of ether oxygens (including phenoxy) is 3. The Kier molecular flexibility index (Phi) is 4.94. The number of carbonyl (C=O) groups is 1. The van der Waals surface area contributed by atoms with Gasteiger partial charge in [0, 0.05) is 11.8 Å². The molecule has 28 heavy (non-hydrogen) atoms. The molecule has 0 unspecified atom stereocenters. The molecule has 0 saturated heterocycles. The summed E-state index contributed by atoms with van der Waals surface area (Å²) in [5, 5.41) is 11.0. The van der Waals surface area contributed by atoms with Crippen molar-refractivity contribution in [2.24, 2.45) is 0 Å². The third-order valence-corrected chi connectivity index (χ3v) is 4.63. The van der Waals surface area contributed by atoms with Gasteiger partial charge in [0.1, 0.15) is 17.6 Å². The topological polar surface area (TPSA) is 87.5 Å². The van der Waals surface area contributed by atoms with Crippen LogP contribution in [0.15, 0.2) is 48.5 Å². The van der Waals surface area contributed by atoms with E-state index in [0.29, 0.717) is 23.7 Å². The SMILES string of the molecule is COc1ccc([C@H]2Cn3nnc(C(=O)Nc4cccc(OC)c4)c3CO2)cc1. The number of hydrogen-bond acceptors (Lipinski definition) is 6. The number of aromatic nitrogens is 3. The first kappa shape index (κ1) is 18.0. The highest BCUT2D eigenvalue weighted by Crippen LogP contribution is 2.28. The number of nitrogens with one attached hydrogen (secondary N) is 1. The number of rotatable bonds is 5. The van der Waals surface area contributed by atoms with Gasteiger partial charge in [0.15, 0.2) is 5.69 Å². The summed E-state index contributed by atoms with van der Waals surface area (Å²) in [5.74, 6) is 1.12. The zero-order valence-electron chi connectivity index (χ0n) is 15.6. The largest absolute Gasteiger partial charge is 0.497 e. The molecule has 0 aliphatic carbocycles. The number of methoxy groups -OCH3 is 2. The Morgan fingerprint density at radius 2 is 1.93 bits per heavy atom. The highest BCUT2D eigenvalue weighted by atomic mass is 16.5. The maximum Gasteiger partial charge on any atom is 0.278 e. The molecule has 1 aliphatic heterocycles. The molecule has 1 N–H and O–H groups in total. The average molecular weight is 380 g/mol. The Bertz CT molecular complexity index is 984. The predicted molar refractivity (Wildman–Crippen MR) is 101 cm³/mol. The van der Waals surface area contributed by atoms with E-state index >= 15 is 0 Å². The molecule has 2 heterocycles. The monoisotopic (exact) mass is 380 g/mol. The van der Waals surface area contributed by atoms with Crippen LogP contribution in [-0.2, 0) is 17.9 Å². The molecule has 8 nitrogen and oxygen atoms in total. The van der Waals surface area contributed by atoms with E-state index in [2.05, 4.69) is 15.6 Å². The second-order valence-electron chi connectivity index (χ2n) is 6.33. The van der Waals surface area contributed by atoms with Crippen molar-refractivity contribution in [1.29, 1.82) is 0 Å². The van der Waals surface area contributed by atoms with Crippen LogP contribution in [0.1, 0.15) is 27.8 Å². The lowest BCUT2D eigenvalue weighted by Crippen LogP contribution is -2.24. The molecule has 0 saturated carbocycles. The summed E-state index contributed by atoms with van der Waals surface area (Å²) in [6.07, 6.45) is -0.158. The number of anilines is 1. The predicted octanol–water partition coefficient (Wildman–Crippen LogP) is 2.82. The van der Waals surface area contributed by atoms with Crippen molar-refractivity contribution < 1.29 is 19.0 Å². The molecule has 8 heteroatoms. The molecular weight excluding hydrogens is 360 g/mol. The summed E-state index contributed by atoms with van der Waals surface area (Å²) < 4.78 is 18.0. The van der Waals surface area contributed by atoms with E-state index in [0.717, 1.165) is 11.3 Å². The average Bonchev–Trinajstić information content (AvgIpc) is 3.17. The van der Waals surface area contributed by atoms with Gasteiger partial charge in [0.2, 0.25) is 0 Å². The van der Waals surface area contributed by atoms with E-state index in [1.807, 2.05) is 30.3 Å². The van der Waals surface area contributed by atoms with Gasteiger partial charge in [-0.3, -0.25) is 4.79 Å². The second kappa shape index (κ2) is 7.69. The van der Waals surface area contributed by atoms with E-state index < -0.39 is 0 Å². The van der Waals surface area contributed by atoms with Crippen molar-refractivity contribution in [2.45, 2.75) is 19.3 Å². The van der Waals surface area contributed by atoms with Crippen LogP contribution in [0, 0.1) is 0 Å². The summed E-state index contributed by atoms with van der Waals surface area (Å²) in [6, 6.07) is 14.8. The van der Waals surface area contributed by atoms with E-state index in [-0.39, 0.29) is 24.3 Å². The fourth-order valence-electron chi connectivity index (χ4n) is 3.10. The van der Waals surface area contributed by atoms with E-state index in [1.54, 1.807) is 37.1 Å². The van der Waals surface area contributed by atoms with Gasteiger partial charge in [-0.1, -0.05) is 23.4 Å². The van der Waals surface area contributed by atoms with Gasteiger partial charge in [-0.25, -0.2) is 4.68 Å². The van der Waals surface area contributed by atoms with Crippen molar-refractivity contribution in [3.05, 3.63) is 65.5 Å². The van der Waals surface area contributed by atoms with Crippen LogP contribution in [-0.4, -0.2) is 35.1 Å². The number of benzene rings is 2. The van der Waals surface area contributed by atoms with Gasteiger partial charge in [0.25, 0.3) is 5.91 Å². The molecule has 0 radical (unpaired) electrons.